The fourth-order valence-corrected chi connectivity index (χ4v) is 3.48. The van der Waals surface area contributed by atoms with Gasteiger partial charge in [0.2, 0.25) is 0 Å². The molecule has 0 aliphatic carbocycles. The molecule has 0 fully saturated rings. The zero-order valence-corrected chi connectivity index (χ0v) is 14.1. The third-order valence-corrected chi connectivity index (χ3v) is 4.63. The number of nitrogens with zero attached hydrogens (tertiary/aromatic N) is 4. The lowest BCUT2D eigenvalue weighted by molar-refractivity contribution is 0.913. The molecule has 0 bridgehead atoms. The van der Waals surface area contributed by atoms with Crippen LogP contribution in [-0.2, 0) is 14.1 Å². The van der Waals surface area contributed by atoms with Gasteiger partial charge in [-0.1, -0.05) is 36.4 Å². The molecule has 3 heterocycles. The van der Waals surface area contributed by atoms with Gasteiger partial charge < -0.3 is 14.1 Å². The fraction of sp³-hybridized carbons (Fsp3) is 0.100. The van der Waals surface area contributed by atoms with Crippen LogP contribution >= 0.6 is 0 Å². The van der Waals surface area contributed by atoms with Gasteiger partial charge in [0.25, 0.3) is 0 Å². The minimum absolute atomic E-state index is 0.971. The number of benzene rings is 2. The van der Waals surface area contributed by atoms with Crippen molar-refractivity contribution in [3.63, 3.8) is 0 Å². The predicted molar refractivity (Wildman–Crippen MR) is 100 cm³/mol. The van der Waals surface area contributed by atoms with Gasteiger partial charge in [0.05, 0.1) is 35.1 Å². The van der Waals surface area contributed by atoms with Crippen LogP contribution in [0.5, 0.6) is 0 Å². The SMILES string of the molecule is Cn1cnc(-c2cccc3c2[nH]c2c(-c4cn(C)cn4)cccc23)c1. The maximum absolute atomic E-state index is 4.52. The Bertz CT molecular complexity index is 1130. The molecule has 0 amide bonds. The summed E-state index contributed by atoms with van der Waals surface area (Å²) in [4.78, 5) is 12.7. The largest absolute Gasteiger partial charge is 0.353 e. The first-order chi connectivity index (χ1) is 12.2. The van der Waals surface area contributed by atoms with E-state index < -0.39 is 0 Å². The van der Waals surface area contributed by atoms with E-state index in [1.165, 1.54) is 10.8 Å². The number of imidazole rings is 2. The van der Waals surface area contributed by atoms with Gasteiger partial charge in [0.15, 0.2) is 0 Å². The second-order valence-corrected chi connectivity index (χ2v) is 6.43. The van der Waals surface area contributed by atoms with Crippen LogP contribution in [0.15, 0.2) is 61.4 Å². The summed E-state index contributed by atoms with van der Waals surface area (Å²) in [5.74, 6) is 0. The van der Waals surface area contributed by atoms with E-state index in [0.717, 1.165) is 33.5 Å². The van der Waals surface area contributed by atoms with Crippen molar-refractivity contribution in [3.05, 3.63) is 61.4 Å². The molecule has 2 aromatic carbocycles. The van der Waals surface area contributed by atoms with E-state index in [9.17, 15) is 0 Å². The summed E-state index contributed by atoms with van der Waals surface area (Å²) >= 11 is 0. The molecule has 0 aliphatic rings. The van der Waals surface area contributed by atoms with Crippen molar-refractivity contribution in [2.45, 2.75) is 0 Å². The quantitative estimate of drug-likeness (QED) is 0.530. The van der Waals surface area contributed by atoms with Crippen LogP contribution in [0.1, 0.15) is 0 Å². The Labute approximate surface area is 144 Å². The van der Waals surface area contributed by atoms with Crippen molar-refractivity contribution in [1.82, 2.24) is 24.1 Å². The van der Waals surface area contributed by atoms with Gasteiger partial charge in [-0.3, -0.25) is 0 Å². The van der Waals surface area contributed by atoms with Gasteiger partial charge in [-0.2, -0.15) is 0 Å². The maximum Gasteiger partial charge on any atom is 0.0951 e. The zero-order chi connectivity index (χ0) is 17.0. The highest BCUT2D eigenvalue weighted by Crippen LogP contribution is 2.36. The average molecular weight is 327 g/mol. The van der Waals surface area contributed by atoms with E-state index in [1.54, 1.807) is 0 Å². The van der Waals surface area contributed by atoms with E-state index in [4.69, 9.17) is 0 Å². The number of rotatable bonds is 2. The summed E-state index contributed by atoms with van der Waals surface area (Å²) in [6.07, 6.45) is 7.74. The van der Waals surface area contributed by atoms with Crippen LogP contribution < -0.4 is 0 Å². The van der Waals surface area contributed by atoms with Crippen LogP contribution in [0.3, 0.4) is 0 Å². The van der Waals surface area contributed by atoms with Crippen molar-refractivity contribution >= 4 is 21.8 Å². The Morgan fingerprint density at radius 3 is 1.60 bits per heavy atom. The summed E-state index contributed by atoms with van der Waals surface area (Å²) in [5, 5.41) is 2.41. The molecule has 0 unspecified atom stereocenters. The smallest absolute Gasteiger partial charge is 0.0951 e. The Morgan fingerprint density at radius 2 is 1.20 bits per heavy atom. The number of nitrogens with one attached hydrogen (secondary N) is 1. The van der Waals surface area contributed by atoms with E-state index in [1.807, 2.05) is 48.3 Å². The zero-order valence-electron chi connectivity index (χ0n) is 14.1. The van der Waals surface area contributed by atoms with Crippen molar-refractivity contribution in [1.29, 1.82) is 0 Å². The number of hydrogen-bond acceptors (Lipinski definition) is 2. The summed E-state index contributed by atoms with van der Waals surface area (Å²) < 4.78 is 3.94. The Kier molecular flexibility index (Phi) is 2.85. The molecule has 5 heteroatoms. The highest BCUT2D eigenvalue weighted by atomic mass is 15.0. The highest BCUT2D eigenvalue weighted by molar-refractivity contribution is 6.14. The number of aromatic nitrogens is 5. The van der Waals surface area contributed by atoms with Crippen molar-refractivity contribution in [2.24, 2.45) is 14.1 Å². The molecular weight excluding hydrogens is 310 g/mol. The summed E-state index contributed by atoms with van der Waals surface area (Å²) in [6, 6.07) is 12.7. The third-order valence-electron chi connectivity index (χ3n) is 4.63. The number of fused-ring (bicyclic) bond motifs is 3. The minimum Gasteiger partial charge on any atom is -0.353 e. The van der Waals surface area contributed by atoms with E-state index in [0.29, 0.717) is 0 Å². The van der Waals surface area contributed by atoms with Crippen molar-refractivity contribution in [2.75, 3.05) is 0 Å². The Morgan fingerprint density at radius 1 is 0.720 bits per heavy atom. The average Bonchev–Trinajstić information content (AvgIpc) is 3.32. The molecule has 0 saturated heterocycles. The van der Waals surface area contributed by atoms with Gasteiger partial charge >= 0.3 is 0 Å². The summed E-state index contributed by atoms with van der Waals surface area (Å²) in [6.45, 7) is 0. The lowest BCUT2D eigenvalue weighted by Gasteiger charge is -1.99. The monoisotopic (exact) mass is 327 g/mol. The van der Waals surface area contributed by atoms with Crippen molar-refractivity contribution in [3.8, 4) is 22.5 Å². The molecule has 0 atom stereocenters. The molecule has 0 radical (unpaired) electrons. The molecule has 5 aromatic rings. The number of aromatic amines is 1. The molecule has 0 aliphatic heterocycles. The lowest BCUT2D eigenvalue weighted by Crippen LogP contribution is -1.82. The molecule has 0 saturated carbocycles. The molecule has 122 valence electrons. The topological polar surface area (TPSA) is 51.4 Å². The van der Waals surface area contributed by atoms with Gasteiger partial charge in [0.1, 0.15) is 0 Å². The first-order valence-electron chi connectivity index (χ1n) is 8.21. The normalized spacial score (nSPS) is 11.6. The summed E-state index contributed by atoms with van der Waals surface area (Å²) in [5.41, 5.74) is 6.39. The fourth-order valence-electron chi connectivity index (χ4n) is 3.48. The molecule has 5 nitrogen and oxygen atoms in total. The molecule has 0 spiro atoms. The number of H-pyrrole nitrogens is 1. The second-order valence-electron chi connectivity index (χ2n) is 6.43. The van der Waals surface area contributed by atoms with E-state index >= 15 is 0 Å². The van der Waals surface area contributed by atoms with Crippen LogP contribution in [0, 0.1) is 0 Å². The minimum atomic E-state index is 0.971. The number of aryl methyl sites for hydroxylation is 2. The molecule has 5 rings (SSSR count). The molecular formula is C20H17N5. The second kappa shape index (κ2) is 5.08. The van der Waals surface area contributed by atoms with Crippen LogP contribution in [0.2, 0.25) is 0 Å². The summed E-state index contributed by atoms with van der Waals surface area (Å²) in [7, 11) is 3.97. The molecule has 25 heavy (non-hydrogen) atoms. The van der Waals surface area contributed by atoms with Gasteiger partial charge in [-0.05, 0) is 0 Å². The first-order valence-corrected chi connectivity index (χ1v) is 8.21. The third kappa shape index (κ3) is 2.09. The van der Waals surface area contributed by atoms with E-state index in [-0.39, 0.29) is 0 Å². The standard InChI is InChI=1S/C20H17N5/c1-24-9-17(21-11-24)15-7-3-5-13-14-6-4-8-16(20(14)23-19(13)15)18-10-25(2)12-22-18/h3-12,23H,1-2H3. The molecule has 1 N–H and O–H groups in total. The molecule has 3 aromatic heterocycles. The van der Waals surface area contributed by atoms with Gasteiger partial charge in [-0.25, -0.2) is 9.97 Å². The van der Waals surface area contributed by atoms with E-state index in [2.05, 4.69) is 51.4 Å². The number of hydrogen-bond donors (Lipinski definition) is 1. The van der Waals surface area contributed by atoms with Crippen LogP contribution in [0.25, 0.3) is 44.3 Å². The van der Waals surface area contributed by atoms with Crippen LogP contribution in [-0.4, -0.2) is 24.1 Å². The Balaban J connectivity index is 1.84. The predicted octanol–water partition coefficient (Wildman–Crippen LogP) is 4.12. The van der Waals surface area contributed by atoms with Crippen molar-refractivity contribution < 1.29 is 0 Å². The Hall–Kier alpha value is -3.34. The first kappa shape index (κ1) is 14.0. The van der Waals surface area contributed by atoms with Crippen LogP contribution in [0.4, 0.5) is 0 Å². The highest BCUT2D eigenvalue weighted by Gasteiger charge is 2.14. The van der Waals surface area contributed by atoms with Gasteiger partial charge in [-0.15, -0.1) is 0 Å². The lowest BCUT2D eigenvalue weighted by atomic mass is 10.0. The number of para-hydroxylation sites is 2. The maximum atomic E-state index is 4.52. The van der Waals surface area contributed by atoms with Gasteiger partial charge in [0, 0.05) is 48.4 Å².